The number of thiophene rings is 1. The first-order valence-corrected chi connectivity index (χ1v) is 8.13. The fourth-order valence-electron chi connectivity index (χ4n) is 2.18. The highest BCUT2D eigenvalue weighted by molar-refractivity contribution is 9.10. The molecule has 0 radical (unpaired) electrons. The molecule has 0 saturated heterocycles. The zero-order chi connectivity index (χ0) is 13.1. The summed E-state index contributed by atoms with van der Waals surface area (Å²) in [5, 5.41) is 4.88. The van der Waals surface area contributed by atoms with E-state index in [9.17, 15) is 0 Å². The van der Waals surface area contributed by atoms with Gasteiger partial charge in [-0.25, -0.2) is 0 Å². The minimum Gasteiger partial charge on any atom is -0.312 e. The molecule has 0 spiro atoms. The average molecular weight is 326 g/mol. The smallest absolute Gasteiger partial charge is 0.0349 e. The lowest BCUT2D eigenvalue weighted by molar-refractivity contribution is 0.641. The molecule has 0 amide bonds. The van der Waals surface area contributed by atoms with Gasteiger partial charge in [0.25, 0.3) is 0 Å². The molecule has 0 aliphatic carbocycles. The van der Waals surface area contributed by atoms with Crippen LogP contribution in [-0.4, -0.2) is 6.54 Å². The Morgan fingerprint density at radius 1 is 1.33 bits per heavy atom. The van der Waals surface area contributed by atoms with Crippen LogP contribution in [0, 0.1) is 5.92 Å². The summed E-state index contributed by atoms with van der Waals surface area (Å²) in [5.74, 6) is 0.696. The second-order valence-corrected chi connectivity index (χ2v) is 7.07. The van der Waals surface area contributed by atoms with Gasteiger partial charge in [-0.2, -0.15) is 0 Å². The number of halogens is 1. The molecule has 0 fully saturated rings. The first-order chi connectivity index (χ1) is 8.61. The van der Waals surface area contributed by atoms with Crippen LogP contribution in [0.1, 0.15) is 31.2 Å². The molecule has 1 N–H and O–H groups in total. The van der Waals surface area contributed by atoms with E-state index in [0.29, 0.717) is 5.92 Å². The van der Waals surface area contributed by atoms with E-state index in [1.54, 1.807) is 0 Å². The van der Waals surface area contributed by atoms with Gasteiger partial charge in [0.1, 0.15) is 0 Å². The monoisotopic (exact) mass is 325 g/mol. The molecule has 2 aromatic rings. The van der Waals surface area contributed by atoms with E-state index in [1.807, 2.05) is 11.3 Å². The Labute approximate surface area is 122 Å². The van der Waals surface area contributed by atoms with E-state index >= 15 is 0 Å². The number of rotatable bonds is 5. The predicted molar refractivity (Wildman–Crippen MR) is 85.4 cm³/mol. The molecule has 1 heterocycles. The molecule has 2 rings (SSSR count). The van der Waals surface area contributed by atoms with Gasteiger partial charge in [-0.3, -0.25) is 0 Å². The lowest BCUT2D eigenvalue weighted by Gasteiger charge is -2.08. The molecule has 0 unspecified atom stereocenters. The third kappa shape index (κ3) is 3.14. The van der Waals surface area contributed by atoms with Crippen molar-refractivity contribution in [1.82, 2.24) is 5.32 Å². The standard InChI is InChI=1S/C15H20BrNS/c1-4-17-9-15-12(7-10(2)3)13-8-11(16)5-6-14(13)18-15/h5-6,8,10,17H,4,7,9H2,1-3H3. The molecule has 0 atom stereocenters. The number of nitrogens with one attached hydrogen (secondary N) is 1. The van der Waals surface area contributed by atoms with E-state index in [4.69, 9.17) is 0 Å². The highest BCUT2D eigenvalue weighted by Crippen LogP contribution is 2.34. The highest BCUT2D eigenvalue weighted by atomic mass is 79.9. The summed E-state index contributed by atoms with van der Waals surface area (Å²) in [4.78, 5) is 1.50. The molecule has 3 heteroatoms. The first-order valence-electron chi connectivity index (χ1n) is 6.52. The van der Waals surface area contributed by atoms with Crippen molar-refractivity contribution in [1.29, 1.82) is 0 Å². The summed E-state index contributed by atoms with van der Waals surface area (Å²) in [6.45, 7) is 8.76. The largest absolute Gasteiger partial charge is 0.312 e. The van der Waals surface area contributed by atoms with Crippen molar-refractivity contribution in [2.24, 2.45) is 5.92 Å². The van der Waals surface area contributed by atoms with E-state index in [0.717, 1.165) is 19.5 Å². The molecule has 0 bridgehead atoms. The molecule has 1 aromatic heterocycles. The Morgan fingerprint density at radius 2 is 2.11 bits per heavy atom. The van der Waals surface area contributed by atoms with Gasteiger partial charge < -0.3 is 5.32 Å². The Bertz CT molecular complexity index is 531. The Balaban J connectivity index is 2.47. The van der Waals surface area contributed by atoms with Gasteiger partial charge in [-0.15, -0.1) is 11.3 Å². The van der Waals surface area contributed by atoms with Crippen molar-refractivity contribution in [2.75, 3.05) is 6.54 Å². The predicted octanol–water partition coefficient (Wildman–Crippen LogP) is 4.97. The number of hydrogen-bond acceptors (Lipinski definition) is 2. The van der Waals surface area contributed by atoms with Gasteiger partial charge in [0, 0.05) is 20.6 Å². The SMILES string of the molecule is CCNCc1sc2ccc(Br)cc2c1CC(C)C. The Morgan fingerprint density at radius 3 is 2.78 bits per heavy atom. The molecular formula is C15H20BrNS. The minimum atomic E-state index is 0.696. The average Bonchev–Trinajstić information content (AvgIpc) is 2.64. The third-order valence-corrected chi connectivity index (χ3v) is 4.69. The summed E-state index contributed by atoms with van der Waals surface area (Å²) in [7, 11) is 0. The van der Waals surface area contributed by atoms with Gasteiger partial charge in [0.05, 0.1) is 0 Å². The second-order valence-electron chi connectivity index (χ2n) is 5.02. The number of fused-ring (bicyclic) bond motifs is 1. The van der Waals surface area contributed by atoms with E-state index < -0.39 is 0 Å². The second kappa shape index (κ2) is 6.18. The van der Waals surface area contributed by atoms with Crippen LogP contribution < -0.4 is 5.32 Å². The molecule has 18 heavy (non-hydrogen) atoms. The summed E-state index contributed by atoms with van der Waals surface area (Å²) in [6, 6.07) is 6.62. The quantitative estimate of drug-likeness (QED) is 0.818. The Kier molecular flexibility index (Phi) is 4.82. The van der Waals surface area contributed by atoms with Crippen LogP contribution in [0.2, 0.25) is 0 Å². The molecule has 0 aliphatic heterocycles. The van der Waals surface area contributed by atoms with Crippen molar-refractivity contribution >= 4 is 37.4 Å². The summed E-state index contributed by atoms with van der Waals surface area (Å²) in [5.41, 5.74) is 1.53. The fraction of sp³-hybridized carbons (Fsp3) is 0.467. The van der Waals surface area contributed by atoms with E-state index in [-0.39, 0.29) is 0 Å². The molecular weight excluding hydrogens is 306 g/mol. The zero-order valence-corrected chi connectivity index (χ0v) is 13.6. The highest BCUT2D eigenvalue weighted by Gasteiger charge is 2.13. The maximum atomic E-state index is 3.58. The molecule has 0 aliphatic rings. The lowest BCUT2D eigenvalue weighted by atomic mass is 10.00. The Hall–Kier alpha value is -0.380. The van der Waals surface area contributed by atoms with Crippen LogP contribution in [0.4, 0.5) is 0 Å². The topological polar surface area (TPSA) is 12.0 Å². The normalized spacial score (nSPS) is 11.6. The van der Waals surface area contributed by atoms with Gasteiger partial charge in [-0.05, 0) is 48.0 Å². The van der Waals surface area contributed by atoms with E-state index in [2.05, 4.69) is 60.2 Å². The maximum Gasteiger partial charge on any atom is 0.0349 e. The lowest BCUT2D eigenvalue weighted by Crippen LogP contribution is -2.12. The van der Waals surface area contributed by atoms with Crippen LogP contribution >= 0.6 is 27.3 Å². The fourth-order valence-corrected chi connectivity index (χ4v) is 3.73. The van der Waals surface area contributed by atoms with Crippen LogP contribution in [0.15, 0.2) is 22.7 Å². The molecule has 1 nitrogen and oxygen atoms in total. The van der Waals surface area contributed by atoms with E-state index in [1.165, 1.54) is 25.0 Å². The molecule has 0 saturated carbocycles. The minimum absolute atomic E-state index is 0.696. The van der Waals surface area contributed by atoms with Crippen LogP contribution in [0.25, 0.3) is 10.1 Å². The zero-order valence-electron chi connectivity index (χ0n) is 11.2. The van der Waals surface area contributed by atoms with Crippen molar-refractivity contribution in [3.05, 3.63) is 33.1 Å². The van der Waals surface area contributed by atoms with Gasteiger partial charge in [0.15, 0.2) is 0 Å². The van der Waals surface area contributed by atoms with Crippen LogP contribution in [-0.2, 0) is 13.0 Å². The summed E-state index contributed by atoms with van der Waals surface area (Å²) in [6.07, 6.45) is 1.16. The van der Waals surface area contributed by atoms with Crippen LogP contribution in [0.3, 0.4) is 0 Å². The molecule has 1 aromatic carbocycles. The first kappa shape index (κ1) is 14.0. The third-order valence-electron chi connectivity index (χ3n) is 2.98. The van der Waals surface area contributed by atoms with Crippen molar-refractivity contribution in [3.63, 3.8) is 0 Å². The summed E-state index contributed by atoms with van der Waals surface area (Å²) < 4.78 is 2.58. The number of hydrogen-bond donors (Lipinski definition) is 1. The summed E-state index contributed by atoms with van der Waals surface area (Å²) >= 11 is 5.51. The number of benzene rings is 1. The van der Waals surface area contributed by atoms with Gasteiger partial charge in [-0.1, -0.05) is 36.7 Å². The maximum absolute atomic E-state index is 3.58. The van der Waals surface area contributed by atoms with Crippen molar-refractivity contribution in [3.8, 4) is 0 Å². The van der Waals surface area contributed by atoms with Crippen LogP contribution in [0.5, 0.6) is 0 Å². The van der Waals surface area contributed by atoms with Crippen molar-refractivity contribution < 1.29 is 0 Å². The van der Waals surface area contributed by atoms with Gasteiger partial charge in [0.2, 0.25) is 0 Å². The van der Waals surface area contributed by atoms with Gasteiger partial charge >= 0.3 is 0 Å². The van der Waals surface area contributed by atoms with Crippen molar-refractivity contribution in [2.45, 2.75) is 33.7 Å². The molecule has 98 valence electrons.